The number of nitrogens with zero attached hydrogens (tertiary/aromatic N) is 3. The van der Waals surface area contributed by atoms with Crippen molar-refractivity contribution in [2.75, 3.05) is 24.7 Å². The quantitative estimate of drug-likeness (QED) is 0.747. The number of rotatable bonds is 1. The molecule has 3 heterocycles. The van der Waals surface area contributed by atoms with Crippen molar-refractivity contribution in [3.63, 3.8) is 0 Å². The van der Waals surface area contributed by atoms with Gasteiger partial charge < -0.3 is 14.7 Å². The van der Waals surface area contributed by atoms with Crippen LogP contribution in [0.15, 0.2) is 17.3 Å². The molecule has 84 valence electrons. The summed E-state index contributed by atoms with van der Waals surface area (Å²) < 4.78 is 5.40. The van der Waals surface area contributed by atoms with E-state index >= 15 is 0 Å². The van der Waals surface area contributed by atoms with Crippen LogP contribution in [0.25, 0.3) is 0 Å². The van der Waals surface area contributed by atoms with Gasteiger partial charge >= 0.3 is 0 Å². The molecule has 0 saturated carbocycles. The first kappa shape index (κ1) is 9.74. The molecule has 0 amide bonds. The van der Waals surface area contributed by atoms with E-state index in [4.69, 9.17) is 9.84 Å². The van der Waals surface area contributed by atoms with E-state index in [1.807, 2.05) is 12.3 Å². The highest BCUT2D eigenvalue weighted by atomic mass is 16.5. The molecule has 3 rings (SSSR count). The maximum Gasteiger partial charge on any atom is 0.155 e. The summed E-state index contributed by atoms with van der Waals surface area (Å²) in [5.41, 5.74) is 1.63. The number of fused-ring (bicyclic) bond motifs is 3. The molecule has 16 heavy (non-hydrogen) atoms. The molecule has 2 aliphatic rings. The second-order valence-corrected chi connectivity index (χ2v) is 3.96. The van der Waals surface area contributed by atoms with Crippen molar-refractivity contribution >= 4 is 17.7 Å². The number of hydrogen-bond acceptors (Lipinski definition) is 5. The summed E-state index contributed by atoms with van der Waals surface area (Å²) in [4.78, 5) is 10.9. The van der Waals surface area contributed by atoms with Gasteiger partial charge in [0, 0.05) is 19.0 Å². The van der Waals surface area contributed by atoms with E-state index in [0.717, 1.165) is 30.2 Å². The Morgan fingerprint density at radius 1 is 1.56 bits per heavy atom. The molecule has 1 N–H and O–H groups in total. The second-order valence-electron chi connectivity index (χ2n) is 3.96. The highest BCUT2D eigenvalue weighted by Gasteiger charge is 2.27. The third-order valence-electron chi connectivity index (χ3n) is 2.91. The minimum Gasteiger partial charge on any atom is -0.392 e. The molecular weight excluding hydrogens is 206 g/mol. The summed E-state index contributed by atoms with van der Waals surface area (Å²) in [6.45, 7) is 2.25. The molecule has 0 bridgehead atoms. The normalized spacial score (nSPS) is 22.8. The van der Waals surface area contributed by atoms with Gasteiger partial charge in [-0.3, -0.25) is 4.99 Å². The Morgan fingerprint density at radius 2 is 2.50 bits per heavy atom. The average molecular weight is 219 g/mol. The van der Waals surface area contributed by atoms with Crippen molar-refractivity contribution in [2.24, 2.45) is 4.99 Å². The lowest BCUT2D eigenvalue weighted by Crippen LogP contribution is -2.48. The predicted octanol–water partition coefficient (Wildman–Crippen LogP) is 0.495. The van der Waals surface area contributed by atoms with Gasteiger partial charge in [0.05, 0.1) is 25.9 Å². The van der Waals surface area contributed by atoms with Gasteiger partial charge in [-0.15, -0.1) is 0 Å². The Labute approximate surface area is 93.4 Å². The number of aromatic nitrogens is 1. The van der Waals surface area contributed by atoms with E-state index in [0.29, 0.717) is 6.61 Å². The van der Waals surface area contributed by atoms with Crippen molar-refractivity contribution in [1.82, 2.24) is 4.98 Å². The van der Waals surface area contributed by atoms with Gasteiger partial charge in [0.15, 0.2) is 5.82 Å². The Bertz CT molecular complexity index is 433. The predicted molar refractivity (Wildman–Crippen MR) is 60.3 cm³/mol. The molecule has 0 spiro atoms. The van der Waals surface area contributed by atoms with E-state index in [-0.39, 0.29) is 12.6 Å². The lowest BCUT2D eigenvalue weighted by Gasteiger charge is -2.37. The van der Waals surface area contributed by atoms with Crippen molar-refractivity contribution in [3.8, 4) is 0 Å². The number of pyridine rings is 1. The molecule has 1 unspecified atom stereocenters. The summed E-state index contributed by atoms with van der Waals surface area (Å²) in [6, 6.07) is 2.08. The van der Waals surface area contributed by atoms with Crippen molar-refractivity contribution in [3.05, 3.63) is 17.8 Å². The van der Waals surface area contributed by atoms with Gasteiger partial charge in [-0.1, -0.05) is 0 Å². The zero-order valence-electron chi connectivity index (χ0n) is 8.83. The Kier molecular flexibility index (Phi) is 2.34. The Morgan fingerprint density at radius 3 is 3.38 bits per heavy atom. The number of aliphatic imine (C=N–C) groups is 1. The number of anilines is 1. The van der Waals surface area contributed by atoms with Crippen LogP contribution in [-0.4, -0.2) is 42.1 Å². The monoisotopic (exact) mass is 219 g/mol. The lowest BCUT2D eigenvalue weighted by atomic mass is 10.1. The molecule has 1 aromatic rings. The molecule has 1 atom stereocenters. The number of aliphatic hydroxyl groups excluding tert-OH is 1. The fourth-order valence-electron chi connectivity index (χ4n) is 2.07. The van der Waals surface area contributed by atoms with Crippen molar-refractivity contribution in [2.45, 2.75) is 12.6 Å². The zero-order valence-corrected chi connectivity index (χ0v) is 8.83. The smallest absolute Gasteiger partial charge is 0.155 e. The van der Waals surface area contributed by atoms with Crippen LogP contribution in [-0.2, 0) is 11.3 Å². The standard InChI is InChI=1S/C11H13N3O2/c15-6-8-3-10-11(13-4-8)14-1-2-16-7-9(14)5-12-10/h3-5,9,15H,1-2,6-7H2. The van der Waals surface area contributed by atoms with Gasteiger partial charge in [-0.25, -0.2) is 4.98 Å². The fourth-order valence-corrected chi connectivity index (χ4v) is 2.07. The first-order valence-electron chi connectivity index (χ1n) is 5.37. The van der Waals surface area contributed by atoms with Crippen LogP contribution in [0.2, 0.25) is 0 Å². The first-order valence-corrected chi connectivity index (χ1v) is 5.37. The molecule has 1 aromatic heterocycles. The fraction of sp³-hybridized carbons (Fsp3) is 0.455. The van der Waals surface area contributed by atoms with Crippen LogP contribution in [0.3, 0.4) is 0 Å². The average Bonchev–Trinajstić information content (AvgIpc) is 2.38. The van der Waals surface area contributed by atoms with Crippen LogP contribution < -0.4 is 4.90 Å². The van der Waals surface area contributed by atoms with E-state index in [1.54, 1.807) is 6.20 Å². The first-order chi connectivity index (χ1) is 7.88. The Hall–Kier alpha value is -1.46. The molecule has 1 saturated heterocycles. The Balaban J connectivity index is 2.01. The molecule has 5 nitrogen and oxygen atoms in total. The van der Waals surface area contributed by atoms with E-state index in [9.17, 15) is 0 Å². The largest absolute Gasteiger partial charge is 0.392 e. The van der Waals surface area contributed by atoms with Crippen molar-refractivity contribution in [1.29, 1.82) is 0 Å². The van der Waals surface area contributed by atoms with E-state index in [1.165, 1.54) is 0 Å². The number of hydrogen-bond donors (Lipinski definition) is 1. The van der Waals surface area contributed by atoms with Crippen LogP contribution in [0, 0.1) is 0 Å². The highest BCUT2D eigenvalue weighted by Crippen LogP contribution is 2.32. The van der Waals surface area contributed by atoms with Gasteiger partial charge in [0.2, 0.25) is 0 Å². The van der Waals surface area contributed by atoms with Crippen LogP contribution >= 0.6 is 0 Å². The molecule has 0 aliphatic carbocycles. The molecule has 2 aliphatic heterocycles. The van der Waals surface area contributed by atoms with E-state index in [2.05, 4.69) is 14.9 Å². The summed E-state index contributed by atoms with van der Waals surface area (Å²) in [5, 5.41) is 9.05. The van der Waals surface area contributed by atoms with Gasteiger partial charge in [-0.2, -0.15) is 0 Å². The minimum absolute atomic E-state index is 0.00232. The molecule has 5 heteroatoms. The number of aliphatic hydroxyl groups is 1. The molecule has 0 aromatic carbocycles. The summed E-state index contributed by atoms with van der Waals surface area (Å²) in [7, 11) is 0. The summed E-state index contributed by atoms with van der Waals surface area (Å²) in [5.74, 6) is 0.896. The number of ether oxygens (including phenoxy) is 1. The van der Waals surface area contributed by atoms with Crippen molar-refractivity contribution < 1.29 is 9.84 Å². The summed E-state index contributed by atoms with van der Waals surface area (Å²) >= 11 is 0. The topological polar surface area (TPSA) is 58.0 Å². The van der Waals surface area contributed by atoms with Crippen LogP contribution in [0.4, 0.5) is 11.5 Å². The second kappa shape index (κ2) is 3.84. The maximum absolute atomic E-state index is 9.05. The van der Waals surface area contributed by atoms with Crippen LogP contribution in [0.5, 0.6) is 0 Å². The number of morpholine rings is 1. The SMILES string of the molecule is OCc1cnc2c(c1)N=CC1COCCN21. The molecule has 1 fully saturated rings. The maximum atomic E-state index is 9.05. The zero-order chi connectivity index (χ0) is 11.0. The lowest BCUT2D eigenvalue weighted by molar-refractivity contribution is 0.110. The summed E-state index contributed by atoms with van der Waals surface area (Å²) in [6.07, 6.45) is 3.59. The van der Waals surface area contributed by atoms with E-state index < -0.39 is 0 Å². The van der Waals surface area contributed by atoms with Gasteiger partial charge in [-0.05, 0) is 11.6 Å². The van der Waals surface area contributed by atoms with Gasteiger partial charge in [0.25, 0.3) is 0 Å². The highest BCUT2D eigenvalue weighted by molar-refractivity contribution is 5.82. The molecule has 0 radical (unpaired) electrons. The molecular formula is C11H13N3O2. The minimum atomic E-state index is 0.00232. The van der Waals surface area contributed by atoms with Gasteiger partial charge in [0.1, 0.15) is 5.69 Å². The van der Waals surface area contributed by atoms with Crippen LogP contribution in [0.1, 0.15) is 5.56 Å². The third kappa shape index (κ3) is 1.48. The third-order valence-corrected chi connectivity index (χ3v) is 2.91.